The van der Waals surface area contributed by atoms with Gasteiger partial charge in [-0.3, -0.25) is 4.79 Å². The molecule has 0 aliphatic heterocycles. The van der Waals surface area contributed by atoms with Crippen molar-refractivity contribution in [2.75, 3.05) is 12.3 Å². The van der Waals surface area contributed by atoms with Crippen molar-refractivity contribution in [2.24, 2.45) is 0 Å². The standard InChI is InChI=1S/C9H11NO3.ClH/c10-7-1-3-8(4-2-7)13-6-5-9(11)12;/h1-4H,5-6,10H2,(H,11,12);1H. The molecule has 1 aromatic rings. The number of hydrogen-bond donors (Lipinski definition) is 2. The Balaban J connectivity index is 0.00000169. The molecule has 0 radical (unpaired) electrons. The van der Waals surface area contributed by atoms with E-state index in [1.807, 2.05) is 0 Å². The maximum atomic E-state index is 10.1. The molecule has 14 heavy (non-hydrogen) atoms. The van der Waals surface area contributed by atoms with Gasteiger partial charge in [0.05, 0.1) is 13.0 Å². The fourth-order valence-corrected chi connectivity index (χ4v) is 0.820. The van der Waals surface area contributed by atoms with E-state index < -0.39 is 5.97 Å². The Morgan fingerprint density at radius 1 is 1.36 bits per heavy atom. The number of hydrogen-bond acceptors (Lipinski definition) is 3. The summed E-state index contributed by atoms with van der Waals surface area (Å²) in [4.78, 5) is 10.1. The third-order valence-electron chi connectivity index (χ3n) is 1.46. The lowest BCUT2D eigenvalue weighted by molar-refractivity contribution is -0.137. The van der Waals surface area contributed by atoms with Crippen molar-refractivity contribution >= 4 is 24.1 Å². The molecule has 0 bridgehead atoms. The number of anilines is 1. The maximum absolute atomic E-state index is 10.1. The number of benzene rings is 1. The molecule has 0 fully saturated rings. The summed E-state index contributed by atoms with van der Waals surface area (Å²) in [6.45, 7) is 0.180. The van der Waals surface area contributed by atoms with Crippen LogP contribution in [0.4, 0.5) is 5.69 Å². The zero-order chi connectivity index (χ0) is 9.68. The van der Waals surface area contributed by atoms with Gasteiger partial charge < -0.3 is 15.6 Å². The lowest BCUT2D eigenvalue weighted by Gasteiger charge is -2.03. The van der Waals surface area contributed by atoms with Gasteiger partial charge in [-0.05, 0) is 24.3 Å². The summed E-state index contributed by atoms with van der Waals surface area (Å²) in [5.74, 6) is -0.231. The number of carboxylic acid groups (broad SMARTS) is 1. The van der Waals surface area contributed by atoms with Crippen LogP contribution in [0.15, 0.2) is 24.3 Å². The molecule has 0 aliphatic carbocycles. The zero-order valence-electron chi connectivity index (χ0n) is 7.47. The van der Waals surface area contributed by atoms with Crippen molar-refractivity contribution in [3.8, 4) is 5.75 Å². The van der Waals surface area contributed by atoms with Crippen molar-refractivity contribution in [3.63, 3.8) is 0 Å². The number of halogens is 1. The number of nitrogen functional groups attached to an aromatic ring is 1. The summed E-state index contributed by atoms with van der Waals surface area (Å²) in [7, 11) is 0. The number of nitrogens with two attached hydrogens (primary N) is 1. The number of rotatable bonds is 4. The second kappa shape index (κ2) is 6.10. The van der Waals surface area contributed by atoms with E-state index in [9.17, 15) is 4.79 Å². The Hall–Kier alpha value is -1.42. The van der Waals surface area contributed by atoms with E-state index in [2.05, 4.69) is 0 Å². The maximum Gasteiger partial charge on any atom is 0.306 e. The van der Waals surface area contributed by atoms with Crippen LogP contribution in [0.1, 0.15) is 6.42 Å². The Morgan fingerprint density at radius 3 is 2.43 bits per heavy atom. The highest BCUT2D eigenvalue weighted by Crippen LogP contribution is 2.12. The minimum Gasteiger partial charge on any atom is -0.493 e. The monoisotopic (exact) mass is 217 g/mol. The Bertz CT molecular complexity index is 287. The molecule has 4 nitrogen and oxygen atoms in total. The fraction of sp³-hybridized carbons (Fsp3) is 0.222. The van der Waals surface area contributed by atoms with Crippen molar-refractivity contribution in [3.05, 3.63) is 24.3 Å². The lowest BCUT2D eigenvalue weighted by Crippen LogP contribution is -2.04. The molecule has 78 valence electrons. The van der Waals surface area contributed by atoms with Gasteiger partial charge in [-0.2, -0.15) is 0 Å². The molecular weight excluding hydrogens is 206 g/mol. The molecule has 5 heteroatoms. The summed E-state index contributed by atoms with van der Waals surface area (Å²) in [6, 6.07) is 6.82. The predicted octanol–water partition coefficient (Wildman–Crippen LogP) is 1.54. The van der Waals surface area contributed by atoms with Gasteiger partial charge in [0.25, 0.3) is 0 Å². The van der Waals surface area contributed by atoms with Crippen LogP contribution in [0.3, 0.4) is 0 Å². The minimum atomic E-state index is -0.865. The first-order valence-electron chi connectivity index (χ1n) is 3.88. The van der Waals surface area contributed by atoms with Gasteiger partial charge in [0.2, 0.25) is 0 Å². The molecule has 0 atom stereocenters. The Morgan fingerprint density at radius 2 is 1.93 bits per heavy atom. The highest BCUT2D eigenvalue weighted by atomic mass is 35.5. The average Bonchev–Trinajstić information content (AvgIpc) is 2.08. The van der Waals surface area contributed by atoms with Gasteiger partial charge in [-0.15, -0.1) is 12.4 Å². The van der Waals surface area contributed by atoms with Crippen LogP contribution in [-0.4, -0.2) is 17.7 Å². The van der Waals surface area contributed by atoms with Gasteiger partial charge in [0, 0.05) is 5.69 Å². The largest absolute Gasteiger partial charge is 0.493 e. The average molecular weight is 218 g/mol. The number of ether oxygens (including phenoxy) is 1. The zero-order valence-corrected chi connectivity index (χ0v) is 8.29. The lowest BCUT2D eigenvalue weighted by atomic mass is 10.3. The topological polar surface area (TPSA) is 72.5 Å². The van der Waals surface area contributed by atoms with E-state index >= 15 is 0 Å². The fourth-order valence-electron chi connectivity index (χ4n) is 0.820. The second-order valence-corrected chi connectivity index (χ2v) is 2.56. The predicted molar refractivity (Wildman–Crippen MR) is 55.9 cm³/mol. The van der Waals surface area contributed by atoms with Crippen molar-refractivity contribution in [2.45, 2.75) is 6.42 Å². The first-order valence-corrected chi connectivity index (χ1v) is 3.88. The molecule has 0 spiro atoms. The van der Waals surface area contributed by atoms with E-state index in [-0.39, 0.29) is 25.4 Å². The van der Waals surface area contributed by atoms with E-state index in [0.717, 1.165) is 0 Å². The minimum absolute atomic E-state index is 0. The van der Waals surface area contributed by atoms with E-state index in [4.69, 9.17) is 15.6 Å². The van der Waals surface area contributed by atoms with Crippen LogP contribution in [0.2, 0.25) is 0 Å². The molecular formula is C9H12ClNO3. The van der Waals surface area contributed by atoms with Crippen LogP contribution in [-0.2, 0) is 4.79 Å². The highest BCUT2D eigenvalue weighted by molar-refractivity contribution is 5.85. The van der Waals surface area contributed by atoms with Gasteiger partial charge in [-0.1, -0.05) is 0 Å². The van der Waals surface area contributed by atoms with Gasteiger partial charge >= 0.3 is 5.97 Å². The molecule has 0 unspecified atom stereocenters. The first-order chi connectivity index (χ1) is 6.18. The van der Waals surface area contributed by atoms with E-state index in [1.165, 1.54) is 0 Å². The molecule has 1 aromatic carbocycles. The normalized spacial score (nSPS) is 8.86. The van der Waals surface area contributed by atoms with E-state index in [0.29, 0.717) is 11.4 Å². The van der Waals surface area contributed by atoms with Crippen molar-refractivity contribution < 1.29 is 14.6 Å². The molecule has 0 aromatic heterocycles. The van der Waals surface area contributed by atoms with Gasteiger partial charge in [0.15, 0.2) is 0 Å². The van der Waals surface area contributed by atoms with Crippen LogP contribution < -0.4 is 10.5 Å². The Kier molecular flexibility index (Phi) is 5.48. The van der Waals surface area contributed by atoms with Gasteiger partial charge in [-0.25, -0.2) is 0 Å². The molecule has 0 saturated carbocycles. The summed E-state index contributed by atoms with van der Waals surface area (Å²) in [5.41, 5.74) is 6.11. The SMILES string of the molecule is Cl.Nc1ccc(OCCC(=O)O)cc1. The molecule has 0 amide bonds. The summed E-state index contributed by atoms with van der Waals surface area (Å²) in [6.07, 6.45) is 0.00434. The molecule has 0 heterocycles. The number of aliphatic carboxylic acids is 1. The number of carbonyl (C=O) groups is 1. The molecule has 1 rings (SSSR count). The summed E-state index contributed by atoms with van der Waals surface area (Å²) >= 11 is 0. The molecule has 0 aliphatic rings. The smallest absolute Gasteiger partial charge is 0.306 e. The van der Waals surface area contributed by atoms with Crippen LogP contribution >= 0.6 is 12.4 Å². The van der Waals surface area contributed by atoms with Crippen molar-refractivity contribution in [1.29, 1.82) is 0 Å². The third kappa shape index (κ3) is 4.57. The summed E-state index contributed by atoms with van der Waals surface area (Å²) in [5, 5.41) is 8.34. The van der Waals surface area contributed by atoms with Gasteiger partial charge in [0.1, 0.15) is 5.75 Å². The van der Waals surface area contributed by atoms with Crippen LogP contribution in [0, 0.1) is 0 Å². The molecule has 0 saturated heterocycles. The number of carboxylic acids is 1. The van der Waals surface area contributed by atoms with Crippen LogP contribution in [0.25, 0.3) is 0 Å². The second-order valence-electron chi connectivity index (χ2n) is 2.56. The summed E-state index contributed by atoms with van der Waals surface area (Å²) < 4.78 is 5.14. The van der Waals surface area contributed by atoms with Crippen LogP contribution in [0.5, 0.6) is 5.75 Å². The quantitative estimate of drug-likeness (QED) is 0.751. The Labute approximate surface area is 88.1 Å². The first kappa shape index (κ1) is 12.6. The third-order valence-corrected chi connectivity index (χ3v) is 1.46. The van der Waals surface area contributed by atoms with Crippen molar-refractivity contribution in [1.82, 2.24) is 0 Å². The highest BCUT2D eigenvalue weighted by Gasteiger charge is 1.97. The molecule has 3 N–H and O–H groups in total. The van der Waals surface area contributed by atoms with E-state index in [1.54, 1.807) is 24.3 Å².